The molecule has 2 heterocycles. The second kappa shape index (κ2) is 8.62. The van der Waals surface area contributed by atoms with Crippen LogP contribution in [0.2, 0.25) is 0 Å². The number of ether oxygens (including phenoxy) is 2. The van der Waals surface area contributed by atoms with Gasteiger partial charge in [0, 0.05) is 23.7 Å². The molecule has 3 amide bonds. The summed E-state index contributed by atoms with van der Waals surface area (Å²) in [6, 6.07) is 11.8. The first-order chi connectivity index (χ1) is 15.5. The van der Waals surface area contributed by atoms with Crippen molar-refractivity contribution in [3.63, 3.8) is 0 Å². The number of nitrogens with one attached hydrogen (secondary N) is 3. The fourth-order valence-electron chi connectivity index (χ4n) is 3.91. The summed E-state index contributed by atoms with van der Waals surface area (Å²) in [5.41, 5.74) is 2.81. The Morgan fingerprint density at radius 2 is 1.97 bits per heavy atom. The molecule has 0 radical (unpaired) electrons. The van der Waals surface area contributed by atoms with Crippen LogP contribution in [-0.4, -0.2) is 35.9 Å². The summed E-state index contributed by atoms with van der Waals surface area (Å²) in [7, 11) is 3.07. The Balaban J connectivity index is 1.78. The highest BCUT2D eigenvalue weighted by Crippen LogP contribution is 2.34. The Hall–Kier alpha value is -4.01. The number of methoxy groups -OCH3 is 2. The standard InChI is InChI=1S/C23H25N5O4/c1-5-28-17-9-7-6-8-15(17)20(27-28)21-19(13(2)24-23(30)26-21)22(29)25-16-12-14(31-3)10-11-18(16)32-4/h6-12,21H,5H2,1-4H3,(H,25,29)(H2,24,26,30). The first-order valence-electron chi connectivity index (χ1n) is 10.2. The van der Waals surface area contributed by atoms with Gasteiger partial charge >= 0.3 is 6.03 Å². The van der Waals surface area contributed by atoms with E-state index in [-0.39, 0.29) is 5.91 Å². The number of carbonyl (C=O) groups is 2. The zero-order valence-corrected chi connectivity index (χ0v) is 18.4. The summed E-state index contributed by atoms with van der Waals surface area (Å²) >= 11 is 0. The zero-order valence-electron chi connectivity index (χ0n) is 18.4. The fraction of sp³-hybridized carbons (Fsp3) is 0.261. The predicted molar refractivity (Wildman–Crippen MR) is 121 cm³/mol. The van der Waals surface area contributed by atoms with E-state index in [0.29, 0.717) is 40.7 Å². The van der Waals surface area contributed by atoms with E-state index < -0.39 is 12.1 Å². The number of urea groups is 1. The monoisotopic (exact) mass is 435 g/mol. The van der Waals surface area contributed by atoms with Crippen LogP contribution in [-0.2, 0) is 11.3 Å². The minimum Gasteiger partial charge on any atom is -0.497 e. The largest absolute Gasteiger partial charge is 0.497 e. The van der Waals surface area contributed by atoms with Gasteiger partial charge in [0.25, 0.3) is 5.91 Å². The van der Waals surface area contributed by atoms with Crippen LogP contribution >= 0.6 is 0 Å². The molecule has 166 valence electrons. The number of carbonyl (C=O) groups excluding carboxylic acids is 2. The molecule has 0 saturated carbocycles. The Labute approximate surface area is 185 Å². The van der Waals surface area contributed by atoms with E-state index in [1.165, 1.54) is 7.11 Å². The van der Waals surface area contributed by atoms with Crippen molar-refractivity contribution in [3.8, 4) is 11.5 Å². The fourth-order valence-corrected chi connectivity index (χ4v) is 3.91. The van der Waals surface area contributed by atoms with E-state index in [2.05, 4.69) is 16.0 Å². The number of aromatic nitrogens is 2. The number of rotatable bonds is 6. The van der Waals surface area contributed by atoms with Crippen molar-refractivity contribution in [1.29, 1.82) is 0 Å². The van der Waals surface area contributed by atoms with Crippen LogP contribution in [0.15, 0.2) is 53.7 Å². The second-order valence-electron chi connectivity index (χ2n) is 7.31. The van der Waals surface area contributed by atoms with Crippen molar-refractivity contribution in [3.05, 3.63) is 59.4 Å². The molecule has 1 aromatic heterocycles. The lowest BCUT2D eigenvalue weighted by Gasteiger charge is -2.27. The average Bonchev–Trinajstić information content (AvgIpc) is 3.17. The molecule has 0 fully saturated rings. The maximum atomic E-state index is 13.5. The molecule has 9 heteroatoms. The van der Waals surface area contributed by atoms with Crippen LogP contribution in [0, 0.1) is 0 Å². The number of benzene rings is 2. The number of aryl methyl sites for hydroxylation is 1. The molecular formula is C23H25N5O4. The number of anilines is 1. The number of hydrogen-bond acceptors (Lipinski definition) is 5. The molecule has 1 unspecified atom stereocenters. The molecule has 9 nitrogen and oxygen atoms in total. The molecule has 1 aliphatic rings. The van der Waals surface area contributed by atoms with Gasteiger partial charge in [-0.05, 0) is 32.0 Å². The minimum absolute atomic E-state index is 0.362. The van der Waals surface area contributed by atoms with Gasteiger partial charge in [0.1, 0.15) is 17.5 Å². The molecule has 2 aromatic carbocycles. The van der Waals surface area contributed by atoms with Crippen molar-refractivity contribution in [2.24, 2.45) is 0 Å². The molecule has 0 aliphatic carbocycles. The van der Waals surface area contributed by atoms with E-state index in [4.69, 9.17) is 14.6 Å². The van der Waals surface area contributed by atoms with E-state index in [0.717, 1.165) is 10.9 Å². The number of amides is 3. The third-order valence-corrected chi connectivity index (χ3v) is 5.43. The summed E-state index contributed by atoms with van der Waals surface area (Å²) in [5.74, 6) is 0.676. The van der Waals surface area contributed by atoms with Gasteiger partial charge in [0.2, 0.25) is 0 Å². The quantitative estimate of drug-likeness (QED) is 0.551. The van der Waals surface area contributed by atoms with Crippen LogP contribution in [0.4, 0.5) is 10.5 Å². The Morgan fingerprint density at radius 3 is 2.69 bits per heavy atom. The number of fused-ring (bicyclic) bond motifs is 1. The summed E-state index contributed by atoms with van der Waals surface area (Å²) in [4.78, 5) is 25.8. The Kier molecular flexibility index (Phi) is 5.72. The SMILES string of the molecule is CCn1nc(C2NC(=O)NC(C)=C2C(=O)Nc2cc(OC)ccc2OC)c2ccccc21. The normalized spacial score (nSPS) is 15.9. The van der Waals surface area contributed by atoms with Crippen molar-refractivity contribution >= 4 is 28.5 Å². The summed E-state index contributed by atoms with van der Waals surface area (Å²) in [6.45, 7) is 4.35. The molecule has 0 spiro atoms. The Morgan fingerprint density at radius 1 is 1.19 bits per heavy atom. The highest BCUT2D eigenvalue weighted by atomic mass is 16.5. The van der Waals surface area contributed by atoms with Crippen molar-refractivity contribution < 1.29 is 19.1 Å². The van der Waals surface area contributed by atoms with E-state index >= 15 is 0 Å². The van der Waals surface area contributed by atoms with Crippen molar-refractivity contribution in [2.75, 3.05) is 19.5 Å². The van der Waals surface area contributed by atoms with Gasteiger partial charge in [-0.25, -0.2) is 4.79 Å². The van der Waals surface area contributed by atoms with Gasteiger partial charge in [0.15, 0.2) is 0 Å². The first-order valence-corrected chi connectivity index (χ1v) is 10.2. The molecule has 0 saturated heterocycles. The molecule has 32 heavy (non-hydrogen) atoms. The predicted octanol–water partition coefficient (Wildman–Crippen LogP) is 3.34. The number of hydrogen-bond donors (Lipinski definition) is 3. The maximum Gasteiger partial charge on any atom is 0.319 e. The lowest BCUT2D eigenvalue weighted by molar-refractivity contribution is -0.113. The van der Waals surface area contributed by atoms with E-state index in [9.17, 15) is 9.59 Å². The number of nitrogens with zero attached hydrogens (tertiary/aromatic N) is 2. The molecule has 0 bridgehead atoms. The number of allylic oxidation sites excluding steroid dienone is 1. The topological polar surface area (TPSA) is 107 Å². The van der Waals surface area contributed by atoms with Crippen molar-refractivity contribution in [2.45, 2.75) is 26.4 Å². The molecule has 3 aromatic rings. The lowest BCUT2D eigenvalue weighted by atomic mass is 9.96. The van der Waals surface area contributed by atoms with Gasteiger partial charge in [-0.15, -0.1) is 0 Å². The van der Waals surface area contributed by atoms with E-state index in [1.54, 1.807) is 32.2 Å². The van der Waals surface area contributed by atoms with Crippen LogP contribution in [0.1, 0.15) is 25.6 Å². The summed E-state index contributed by atoms with van der Waals surface area (Å²) in [5, 5.41) is 14.0. The van der Waals surface area contributed by atoms with Crippen LogP contribution < -0.4 is 25.4 Å². The average molecular weight is 435 g/mol. The van der Waals surface area contributed by atoms with Gasteiger partial charge in [-0.1, -0.05) is 18.2 Å². The summed E-state index contributed by atoms with van der Waals surface area (Å²) in [6.07, 6.45) is 0. The molecule has 3 N–H and O–H groups in total. The van der Waals surface area contributed by atoms with Crippen molar-refractivity contribution in [1.82, 2.24) is 20.4 Å². The molecule has 1 atom stereocenters. The first kappa shape index (κ1) is 21.2. The maximum absolute atomic E-state index is 13.5. The summed E-state index contributed by atoms with van der Waals surface area (Å²) < 4.78 is 12.5. The third-order valence-electron chi connectivity index (χ3n) is 5.43. The highest BCUT2D eigenvalue weighted by molar-refractivity contribution is 6.08. The zero-order chi connectivity index (χ0) is 22.8. The van der Waals surface area contributed by atoms with Crippen LogP contribution in [0.3, 0.4) is 0 Å². The molecule has 1 aliphatic heterocycles. The second-order valence-corrected chi connectivity index (χ2v) is 7.31. The number of para-hydroxylation sites is 1. The smallest absolute Gasteiger partial charge is 0.319 e. The van der Waals surface area contributed by atoms with Crippen LogP contribution in [0.5, 0.6) is 11.5 Å². The molecular weight excluding hydrogens is 410 g/mol. The van der Waals surface area contributed by atoms with Gasteiger partial charge in [-0.3, -0.25) is 9.48 Å². The van der Waals surface area contributed by atoms with Crippen LogP contribution in [0.25, 0.3) is 10.9 Å². The third kappa shape index (κ3) is 3.73. The minimum atomic E-state index is -0.724. The Bertz CT molecular complexity index is 1230. The van der Waals surface area contributed by atoms with Gasteiger partial charge in [0.05, 0.1) is 36.7 Å². The lowest BCUT2D eigenvalue weighted by Crippen LogP contribution is -2.46. The highest BCUT2D eigenvalue weighted by Gasteiger charge is 2.34. The molecule has 4 rings (SSSR count). The van der Waals surface area contributed by atoms with Gasteiger partial charge in [-0.2, -0.15) is 5.10 Å². The van der Waals surface area contributed by atoms with Gasteiger partial charge < -0.3 is 25.4 Å². The van der Waals surface area contributed by atoms with E-state index in [1.807, 2.05) is 35.9 Å².